The van der Waals surface area contributed by atoms with Crippen LogP contribution in [-0.4, -0.2) is 37.5 Å². The summed E-state index contributed by atoms with van der Waals surface area (Å²) in [6.45, 7) is 2.97. The van der Waals surface area contributed by atoms with Gasteiger partial charge < -0.3 is 10.6 Å². The van der Waals surface area contributed by atoms with E-state index in [9.17, 15) is 35.5 Å². The molecule has 0 saturated carbocycles. The number of carbonyl (C=O) groups is 2. The Morgan fingerprint density at radius 3 is 1.25 bits per heavy atom. The minimum atomic E-state index is -4.52. The van der Waals surface area contributed by atoms with E-state index in [4.69, 9.17) is 0 Å². The van der Waals surface area contributed by atoms with E-state index in [0.29, 0.717) is 0 Å². The quantitative estimate of drug-likeness (QED) is 0.200. The van der Waals surface area contributed by atoms with Crippen LogP contribution in [0.4, 0.5) is 22.7 Å². The standard InChI is InChI=1S/C28H22N2O8S2/c1-15-19(9-5-11-23(15)39(33,34)35)29-21-13-14-22(30-20-10-6-12-24(16(20)2)40(36,37)38)26-25(21)27(31)17-7-3-4-8-18(17)28(26)32/h3-14,29-30H,1-2H3,(H,33,34,35)(H,36,37,38). The van der Waals surface area contributed by atoms with Crippen molar-refractivity contribution in [1.29, 1.82) is 0 Å². The van der Waals surface area contributed by atoms with Crippen LogP contribution in [0.3, 0.4) is 0 Å². The zero-order valence-corrected chi connectivity index (χ0v) is 22.7. The number of rotatable bonds is 6. The van der Waals surface area contributed by atoms with Crippen LogP contribution in [0.2, 0.25) is 0 Å². The molecule has 5 rings (SSSR count). The maximum Gasteiger partial charge on any atom is 0.294 e. The molecule has 0 heterocycles. The topological polar surface area (TPSA) is 167 Å². The molecule has 204 valence electrons. The summed E-state index contributed by atoms with van der Waals surface area (Å²) in [7, 11) is -9.03. The van der Waals surface area contributed by atoms with Crippen molar-refractivity contribution in [3.63, 3.8) is 0 Å². The number of benzene rings is 4. The molecule has 0 fully saturated rings. The number of nitrogens with one attached hydrogen (secondary N) is 2. The van der Waals surface area contributed by atoms with Crippen LogP contribution < -0.4 is 10.6 Å². The molecule has 4 N–H and O–H groups in total. The van der Waals surface area contributed by atoms with Crippen molar-refractivity contribution >= 4 is 54.6 Å². The van der Waals surface area contributed by atoms with Crippen LogP contribution in [0.25, 0.3) is 0 Å². The van der Waals surface area contributed by atoms with Gasteiger partial charge in [0.25, 0.3) is 20.2 Å². The van der Waals surface area contributed by atoms with E-state index >= 15 is 0 Å². The van der Waals surface area contributed by atoms with Gasteiger partial charge in [-0.3, -0.25) is 18.7 Å². The smallest absolute Gasteiger partial charge is 0.294 e. The van der Waals surface area contributed by atoms with Gasteiger partial charge in [-0.05, 0) is 61.4 Å². The number of fused-ring (bicyclic) bond motifs is 2. The van der Waals surface area contributed by atoms with Gasteiger partial charge in [0.15, 0.2) is 11.6 Å². The second kappa shape index (κ2) is 9.68. The first kappa shape index (κ1) is 27.2. The Bertz CT molecular complexity index is 1820. The SMILES string of the molecule is Cc1c(Nc2ccc(Nc3cccc(S(=O)(=O)O)c3C)c3c2C(=O)c2ccccc2C3=O)cccc1S(=O)(=O)O. The predicted octanol–water partition coefficient (Wildman–Crippen LogP) is 5.06. The summed E-state index contributed by atoms with van der Waals surface area (Å²) >= 11 is 0. The lowest BCUT2D eigenvalue weighted by molar-refractivity contribution is 0.0980. The lowest BCUT2D eigenvalue weighted by Crippen LogP contribution is -2.23. The highest BCUT2D eigenvalue weighted by atomic mass is 32.2. The summed E-state index contributed by atoms with van der Waals surface area (Å²) < 4.78 is 66.5. The normalized spacial score (nSPS) is 13.0. The molecule has 40 heavy (non-hydrogen) atoms. The minimum absolute atomic E-state index is 0.0222. The fraction of sp³-hybridized carbons (Fsp3) is 0.0714. The molecule has 4 aromatic carbocycles. The van der Waals surface area contributed by atoms with Crippen molar-refractivity contribution in [2.75, 3.05) is 10.6 Å². The molecule has 0 saturated heterocycles. The lowest BCUT2D eigenvalue weighted by atomic mass is 9.82. The first-order valence-corrected chi connectivity index (χ1v) is 14.7. The number of carbonyl (C=O) groups excluding carboxylic acids is 2. The van der Waals surface area contributed by atoms with Crippen molar-refractivity contribution in [3.8, 4) is 0 Å². The maximum absolute atomic E-state index is 13.8. The fourth-order valence-corrected chi connectivity index (χ4v) is 6.27. The van der Waals surface area contributed by atoms with E-state index in [-0.39, 0.29) is 65.9 Å². The van der Waals surface area contributed by atoms with E-state index in [1.165, 1.54) is 62.4 Å². The molecule has 0 radical (unpaired) electrons. The molecule has 0 amide bonds. The summed E-state index contributed by atoms with van der Waals surface area (Å²) in [6, 6.07) is 17.9. The number of hydrogen-bond donors (Lipinski definition) is 4. The van der Waals surface area contributed by atoms with Gasteiger partial charge in [0.05, 0.1) is 32.3 Å². The van der Waals surface area contributed by atoms with E-state index in [1.807, 2.05) is 0 Å². The van der Waals surface area contributed by atoms with Gasteiger partial charge in [0.1, 0.15) is 0 Å². The van der Waals surface area contributed by atoms with Gasteiger partial charge in [-0.15, -0.1) is 0 Å². The fourth-order valence-electron chi connectivity index (χ4n) is 4.78. The average molecular weight is 579 g/mol. The van der Waals surface area contributed by atoms with Crippen LogP contribution in [0, 0.1) is 13.8 Å². The zero-order chi connectivity index (χ0) is 29.0. The highest BCUT2D eigenvalue weighted by Gasteiger charge is 2.34. The third kappa shape index (κ3) is 4.67. The van der Waals surface area contributed by atoms with E-state index in [1.54, 1.807) is 24.3 Å². The molecule has 10 nitrogen and oxygen atoms in total. The van der Waals surface area contributed by atoms with Gasteiger partial charge >= 0.3 is 0 Å². The monoisotopic (exact) mass is 578 g/mol. The molecule has 0 aromatic heterocycles. The molecule has 0 spiro atoms. The molecule has 1 aliphatic rings. The molecule has 12 heteroatoms. The Balaban J connectivity index is 1.70. The average Bonchev–Trinajstić information content (AvgIpc) is 2.89. The summed E-state index contributed by atoms with van der Waals surface area (Å²) in [6.07, 6.45) is 0. The summed E-state index contributed by atoms with van der Waals surface area (Å²) in [4.78, 5) is 26.9. The van der Waals surface area contributed by atoms with E-state index in [2.05, 4.69) is 10.6 Å². The highest BCUT2D eigenvalue weighted by Crippen LogP contribution is 2.40. The Hall–Kier alpha value is -4.36. The van der Waals surface area contributed by atoms with Crippen molar-refractivity contribution in [2.45, 2.75) is 23.6 Å². The van der Waals surface area contributed by atoms with Crippen molar-refractivity contribution in [3.05, 3.63) is 106 Å². The molecule has 0 atom stereocenters. The van der Waals surface area contributed by atoms with Crippen molar-refractivity contribution in [2.24, 2.45) is 0 Å². The van der Waals surface area contributed by atoms with Crippen LogP contribution in [0.15, 0.2) is 82.6 Å². The van der Waals surface area contributed by atoms with Crippen LogP contribution >= 0.6 is 0 Å². The second-order valence-electron chi connectivity index (χ2n) is 9.17. The molecule has 0 aliphatic heterocycles. The van der Waals surface area contributed by atoms with Crippen LogP contribution in [-0.2, 0) is 20.2 Å². The number of ketones is 2. The summed E-state index contributed by atoms with van der Waals surface area (Å²) in [5.74, 6) is -0.910. The molecule has 1 aliphatic carbocycles. The minimum Gasteiger partial charge on any atom is -0.355 e. The van der Waals surface area contributed by atoms with Crippen LogP contribution in [0.1, 0.15) is 43.0 Å². The zero-order valence-electron chi connectivity index (χ0n) is 21.1. The predicted molar refractivity (Wildman–Crippen MR) is 148 cm³/mol. The third-order valence-electron chi connectivity index (χ3n) is 6.74. The summed E-state index contributed by atoms with van der Waals surface area (Å²) in [5, 5.41) is 6.07. The molecular weight excluding hydrogens is 556 g/mol. The Morgan fingerprint density at radius 1 is 0.525 bits per heavy atom. The molecule has 4 aromatic rings. The van der Waals surface area contributed by atoms with Crippen molar-refractivity contribution < 1.29 is 35.5 Å². The van der Waals surface area contributed by atoms with Gasteiger partial charge in [0, 0.05) is 22.5 Å². The number of hydrogen-bond acceptors (Lipinski definition) is 8. The van der Waals surface area contributed by atoms with Gasteiger partial charge in [-0.25, -0.2) is 0 Å². The second-order valence-corrected chi connectivity index (χ2v) is 12.0. The maximum atomic E-state index is 13.8. The van der Waals surface area contributed by atoms with Crippen LogP contribution in [0.5, 0.6) is 0 Å². The first-order valence-electron chi connectivity index (χ1n) is 11.8. The van der Waals surface area contributed by atoms with E-state index < -0.39 is 31.8 Å². The number of anilines is 4. The Labute approximate surface area is 230 Å². The van der Waals surface area contributed by atoms with Gasteiger partial charge in [0.2, 0.25) is 0 Å². The Morgan fingerprint density at radius 2 is 0.900 bits per heavy atom. The molecule has 0 unspecified atom stereocenters. The van der Waals surface area contributed by atoms with Crippen molar-refractivity contribution in [1.82, 2.24) is 0 Å². The molecular formula is C28H22N2O8S2. The summed E-state index contributed by atoms with van der Waals surface area (Å²) in [5.41, 5.74) is 1.83. The largest absolute Gasteiger partial charge is 0.355 e. The van der Waals surface area contributed by atoms with E-state index in [0.717, 1.165) is 0 Å². The van der Waals surface area contributed by atoms with Gasteiger partial charge in [-0.2, -0.15) is 16.8 Å². The first-order chi connectivity index (χ1) is 18.8. The van der Waals surface area contributed by atoms with Gasteiger partial charge in [-0.1, -0.05) is 36.4 Å². The molecule has 0 bridgehead atoms. The Kier molecular flexibility index (Phi) is 6.59. The lowest BCUT2D eigenvalue weighted by Gasteiger charge is -2.25. The third-order valence-corrected chi connectivity index (χ3v) is 8.73. The highest BCUT2D eigenvalue weighted by molar-refractivity contribution is 7.86.